The Labute approximate surface area is 175 Å². The van der Waals surface area contributed by atoms with Crippen LogP contribution in [0.4, 0.5) is 0 Å². The summed E-state index contributed by atoms with van der Waals surface area (Å²) in [5, 5.41) is 6.76. The molecule has 0 aromatic heterocycles. The molecule has 1 aliphatic heterocycles. The van der Waals surface area contributed by atoms with Crippen LogP contribution in [0.2, 0.25) is 0 Å². The third-order valence-corrected chi connectivity index (χ3v) is 4.87. The number of ether oxygens (including phenoxy) is 2. The molecule has 2 N–H and O–H groups in total. The van der Waals surface area contributed by atoms with E-state index in [0.29, 0.717) is 0 Å². The van der Waals surface area contributed by atoms with Gasteiger partial charge in [-0.3, -0.25) is 4.99 Å². The number of benzene rings is 1. The first kappa shape index (κ1) is 23.2. The smallest absolute Gasteiger partial charge is 0.191 e. The van der Waals surface area contributed by atoms with Gasteiger partial charge in [-0.2, -0.15) is 0 Å². The van der Waals surface area contributed by atoms with Crippen LogP contribution in [0.25, 0.3) is 0 Å². The second-order valence-electron chi connectivity index (χ2n) is 6.68. The third kappa shape index (κ3) is 6.70. The van der Waals surface area contributed by atoms with Crippen LogP contribution in [-0.2, 0) is 14.9 Å². The van der Waals surface area contributed by atoms with Gasteiger partial charge in [0.1, 0.15) is 0 Å². The molecule has 0 atom stereocenters. The molecule has 0 aliphatic carbocycles. The van der Waals surface area contributed by atoms with Crippen molar-refractivity contribution in [3.63, 3.8) is 0 Å². The summed E-state index contributed by atoms with van der Waals surface area (Å²) >= 11 is 0. The number of aryl methyl sites for hydroxylation is 1. The van der Waals surface area contributed by atoms with Gasteiger partial charge in [0.15, 0.2) is 5.96 Å². The van der Waals surface area contributed by atoms with Crippen LogP contribution < -0.4 is 10.6 Å². The number of hydrogen-bond donors (Lipinski definition) is 2. The average Bonchev–Trinajstić information content (AvgIpc) is 2.64. The predicted octanol–water partition coefficient (Wildman–Crippen LogP) is 3.25. The van der Waals surface area contributed by atoms with E-state index in [1.165, 1.54) is 11.1 Å². The molecule has 1 fully saturated rings. The quantitative estimate of drug-likeness (QED) is 0.262. The Morgan fingerprint density at radius 3 is 2.62 bits per heavy atom. The van der Waals surface area contributed by atoms with Gasteiger partial charge in [-0.25, -0.2) is 0 Å². The van der Waals surface area contributed by atoms with E-state index in [9.17, 15) is 0 Å². The number of hydrogen-bond acceptors (Lipinski definition) is 3. The maximum atomic E-state index is 5.64. The number of methoxy groups -OCH3 is 1. The van der Waals surface area contributed by atoms with Crippen LogP contribution in [0.1, 0.15) is 37.3 Å². The fourth-order valence-corrected chi connectivity index (χ4v) is 3.44. The van der Waals surface area contributed by atoms with E-state index in [1.54, 1.807) is 7.11 Å². The molecule has 5 nitrogen and oxygen atoms in total. The Kier molecular flexibility index (Phi) is 11.2. The first-order chi connectivity index (χ1) is 12.2. The molecule has 0 saturated carbocycles. The van der Waals surface area contributed by atoms with Crippen molar-refractivity contribution in [2.24, 2.45) is 4.99 Å². The molecule has 0 spiro atoms. The minimum atomic E-state index is 0. The van der Waals surface area contributed by atoms with Crippen LogP contribution in [-0.4, -0.2) is 52.5 Å². The number of halogens is 1. The van der Waals surface area contributed by atoms with Gasteiger partial charge in [0.25, 0.3) is 0 Å². The summed E-state index contributed by atoms with van der Waals surface area (Å²) in [4.78, 5) is 4.92. The van der Waals surface area contributed by atoms with Gasteiger partial charge >= 0.3 is 0 Å². The van der Waals surface area contributed by atoms with E-state index in [0.717, 1.165) is 64.7 Å². The Morgan fingerprint density at radius 1 is 1.23 bits per heavy atom. The highest BCUT2D eigenvalue weighted by molar-refractivity contribution is 14.0. The lowest BCUT2D eigenvalue weighted by Crippen LogP contribution is -2.42. The lowest BCUT2D eigenvalue weighted by atomic mass is 9.72. The topological polar surface area (TPSA) is 54.9 Å². The van der Waals surface area contributed by atoms with Crippen molar-refractivity contribution in [1.29, 1.82) is 0 Å². The van der Waals surface area contributed by atoms with Crippen molar-refractivity contribution in [2.75, 3.05) is 46.6 Å². The lowest BCUT2D eigenvalue weighted by molar-refractivity contribution is 0.0529. The molecule has 1 aliphatic rings. The summed E-state index contributed by atoms with van der Waals surface area (Å²) in [6, 6.07) is 8.70. The number of nitrogens with one attached hydrogen (secondary N) is 2. The highest BCUT2D eigenvalue weighted by Gasteiger charge is 2.35. The van der Waals surface area contributed by atoms with Gasteiger partial charge in [-0.15, -0.1) is 24.0 Å². The van der Waals surface area contributed by atoms with Gasteiger partial charge in [0.05, 0.1) is 6.54 Å². The van der Waals surface area contributed by atoms with Crippen molar-refractivity contribution in [1.82, 2.24) is 10.6 Å². The molecule has 148 valence electrons. The second-order valence-corrected chi connectivity index (χ2v) is 6.68. The number of rotatable bonds is 8. The molecule has 0 unspecified atom stereocenters. The number of guanidine groups is 1. The minimum absolute atomic E-state index is 0. The molecule has 2 rings (SSSR count). The zero-order valence-corrected chi connectivity index (χ0v) is 18.7. The second kappa shape index (κ2) is 12.5. The van der Waals surface area contributed by atoms with Crippen molar-refractivity contribution in [3.05, 3.63) is 35.4 Å². The average molecular weight is 475 g/mol. The van der Waals surface area contributed by atoms with Crippen LogP contribution in [0.5, 0.6) is 0 Å². The molecule has 1 aromatic carbocycles. The molecule has 6 heteroatoms. The maximum absolute atomic E-state index is 5.64. The zero-order valence-electron chi connectivity index (χ0n) is 16.3. The molecule has 1 saturated heterocycles. The standard InChI is InChI=1S/C20H33N3O2.HI/c1-4-21-19(22-12-7-13-24-3)23-16-20(10-14-25-15-11-20)18-9-6-5-8-17(18)2;/h5-6,8-9H,4,7,10-16H2,1-3H3,(H2,21,22,23);1H. The first-order valence-electron chi connectivity index (χ1n) is 9.37. The van der Waals surface area contributed by atoms with E-state index in [2.05, 4.69) is 48.7 Å². The van der Waals surface area contributed by atoms with Crippen molar-refractivity contribution in [2.45, 2.75) is 38.5 Å². The van der Waals surface area contributed by atoms with Crippen molar-refractivity contribution >= 4 is 29.9 Å². The minimum Gasteiger partial charge on any atom is -0.385 e. The van der Waals surface area contributed by atoms with Crippen LogP contribution in [0.15, 0.2) is 29.3 Å². The highest BCUT2D eigenvalue weighted by atomic mass is 127. The van der Waals surface area contributed by atoms with Gasteiger partial charge < -0.3 is 20.1 Å². The Hall–Kier alpha value is -0.860. The molecule has 0 amide bonds. The molecule has 1 heterocycles. The summed E-state index contributed by atoms with van der Waals surface area (Å²) in [5.41, 5.74) is 2.83. The van der Waals surface area contributed by atoms with E-state index >= 15 is 0 Å². The molecular weight excluding hydrogens is 441 g/mol. The van der Waals surface area contributed by atoms with Crippen LogP contribution >= 0.6 is 24.0 Å². The highest BCUT2D eigenvalue weighted by Crippen LogP contribution is 2.36. The maximum Gasteiger partial charge on any atom is 0.191 e. The molecular formula is C20H34IN3O2. The molecule has 1 aromatic rings. The summed E-state index contributed by atoms with van der Waals surface area (Å²) in [7, 11) is 1.73. The normalized spacial score (nSPS) is 16.7. The number of nitrogens with zero attached hydrogens (tertiary/aromatic N) is 1. The zero-order chi connectivity index (χ0) is 18.0. The molecule has 0 bridgehead atoms. The summed E-state index contributed by atoms with van der Waals surface area (Å²) in [6.45, 7) is 9.17. The largest absolute Gasteiger partial charge is 0.385 e. The third-order valence-electron chi connectivity index (χ3n) is 4.87. The summed E-state index contributed by atoms with van der Waals surface area (Å²) in [6.07, 6.45) is 3.01. The fraction of sp³-hybridized carbons (Fsp3) is 0.650. The van der Waals surface area contributed by atoms with Gasteiger partial charge in [-0.05, 0) is 44.2 Å². The van der Waals surface area contributed by atoms with Gasteiger partial charge in [0.2, 0.25) is 0 Å². The van der Waals surface area contributed by atoms with E-state index in [1.807, 2.05) is 0 Å². The molecule has 26 heavy (non-hydrogen) atoms. The van der Waals surface area contributed by atoms with E-state index in [4.69, 9.17) is 14.5 Å². The van der Waals surface area contributed by atoms with Crippen molar-refractivity contribution < 1.29 is 9.47 Å². The summed E-state index contributed by atoms with van der Waals surface area (Å²) in [5.74, 6) is 0.887. The Balaban J connectivity index is 0.00000338. The predicted molar refractivity (Wildman–Crippen MR) is 119 cm³/mol. The first-order valence-corrected chi connectivity index (χ1v) is 9.37. The van der Waals surface area contributed by atoms with Gasteiger partial charge in [0, 0.05) is 45.4 Å². The monoisotopic (exact) mass is 475 g/mol. The van der Waals surface area contributed by atoms with Gasteiger partial charge in [-0.1, -0.05) is 24.3 Å². The SMILES string of the molecule is CCNC(=NCC1(c2ccccc2C)CCOCC1)NCCCOC.I. The Morgan fingerprint density at radius 2 is 1.96 bits per heavy atom. The van der Waals surface area contributed by atoms with Crippen molar-refractivity contribution in [3.8, 4) is 0 Å². The van der Waals surface area contributed by atoms with Crippen LogP contribution in [0.3, 0.4) is 0 Å². The molecule has 0 radical (unpaired) electrons. The lowest BCUT2D eigenvalue weighted by Gasteiger charge is -2.37. The number of aliphatic imine (C=N–C) groups is 1. The Bertz CT molecular complexity index is 546. The van der Waals surface area contributed by atoms with E-state index in [-0.39, 0.29) is 29.4 Å². The summed E-state index contributed by atoms with van der Waals surface area (Å²) < 4.78 is 10.8. The van der Waals surface area contributed by atoms with E-state index < -0.39 is 0 Å². The fourth-order valence-electron chi connectivity index (χ4n) is 3.44. The van der Waals surface area contributed by atoms with Crippen LogP contribution in [0, 0.1) is 6.92 Å².